The molecule has 3 aromatic carbocycles. The van der Waals surface area contributed by atoms with E-state index >= 15 is 0 Å². The van der Waals surface area contributed by atoms with Gasteiger partial charge < -0.3 is 15.4 Å². The number of carbonyl (C=O) groups is 3. The Morgan fingerprint density at radius 3 is 2.43 bits per heavy atom. The summed E-state index contributed by atoms with van der Waals surface area (Å²) in [5.41, 5.74) is 3.82. The average molecular weight is 518 g/mol. The summed E-state index contributed by atoms with van der Waals surface area (Å²) in [7, 11) is 1.46. The van der Waals surface area contributed by atoms with Gasteiger partial charge in [0.25, 0.3) is 17.7 Å². The highest BCUT2D eigenvalue weighted by Gasteiger charge is 2.40. The molecule has 190 valence electrons. The molecule has 8 heteroatoms. The second kappa shape index (κ2) is 11.3. The minimum Gasteiger partial charge on any atom is -0.495 e. The molecule has 3 amide bonds. The molecule has 37 heavy (non-hydrogen) atoms. The summed E-state index contributed by atoms with van der Waals surface area (Å²) < 4.78 is 5.34. The minimum atomic E-state index is -0.658. The second-order valence-corrected chi connectivity index (χ2v) is 9.15. The smallest absolute Gasteiger partial charge is 0.283 e. The summed E-state index contributed by atoms with van der Waals surface area (Å²) in [5, 5.41) is 5.57. The number of carbonyl (C=O) groups excluding carboxylic acids is 3. The van der Waals surface area contributed by atoms with Crippen LogP contribution in [-0.4, -0.2) is 24.8 Å². The lowest BCUT2D eigenvalue weighted by atomic mass is 10.1. The van der Waals surface area contributed by atoms with Crippen LogP contribution in [0.25, 0.3) is 0 Å². The van der Waals surface area contributed by atoms with Crippen molar-refractivity contribution >= 4 is 46.4 Å². The highest BCUT2D eigenvalue weighted by atomic mass is 35.5. The van der Waals surface area contributed by atoms with Gasteiger partial charge in [-0.2, -0.15) is 0 Å². The van der Waals surface area contributed by atoms with Crippen LogP contribution < -0.4 is 20.3 Å². The molecule has 4 rings (SSSR count). The second-order valence-electron chi connectivity index (χ2n) is 8.77. The maximum Gasteiger partial charge on any atom is 0.283 e. The molecule has 0 aliphatic carbocycles. The number of halogens is 1. The van der Waals surface area contributed by atoms with Crippen molar-refractivity contribution in [1.29, 1.82) is 0 Å². The van der Waals surface area contributed by atoms with Crippen molar-refractivity contribution in [2.75, 3.05) is 22.6 Å². The van der Waals surface area contributed by atoms with Crippen molar-refractivity contribution in [2.45, 2.75) is 33.1 Å². The number of anilines is 3. The predicted octanol–water partition coefficient (Wildman–Crippen LogP) is 6.03. The number of nitrogens with one attached hydrogen (secondary N) is 2. The Labute approximate surface area is 221 Å². The Bertz CT molecular complexity index is 1380. The molecule has 7 nitrogen and oxygen atoms in total. The number of hydrogen-bond donors (Lipinski definition) is 2. The lowest BCUT2D eigenvalue weighted by molar-refractivity contribution is -0.120. The van der Waals surface area contributed by atoms with Gasteiger partial charge in [0.1, 0.15) is 16.5 Å². The van der Waals surface area contributed by atoms with Crippen LogP contribution in [0.15, 0.2) is 77.5 Å². The number of methoxy groups -OCH3 is 1. The van der Waals surface area contributed by atoms with Gasteiger partial charge in [-0.1, -0.05) is 49.2 Å². The number of aryl methyl sites for hydroxylation is 2. The molecule has 1 aliphatic rings. The van der Waals surface area contributed by atoms with Gasteiger partial charge in [-0.25, -0.2) is 4.90 Å². The quantitative estimate of drug-likeness (QED) is 0.338. The third kappa shape index (κ3) is 5.67. The van der Waals surface area contributed by atoms with E-state index < -0.39 is 11.8 Å². The van der Waals surface area contributed by atoms with E-state index in [9.17, 15) is 14.4 Å². The minimum absolute atomic E-state index is 0.0737. The molecule has 0 unspecified atom stereocenters. The van der Waals surface area contributed by atoms with Crippen molar-refractivity contribution in [3.05, 3.63) is 94.1 Å². The fourth-order valence-corrected chi connectivity index (χ4v) is 4.24. The van der Waals surface area contributed by atoms with E-state index in [1.165, 1.54) is 12.7 Å². The molecule has 0 saturated carbocycles. The number of ether oxygens (including phenoxy) is 1. The molecule has 2 N–H and O–H groups in total. The third-order valence-corrected chi connectivity index (χ3v) is 6.38. The van der Waals surface area contributed by atoms with E-state index in [2.05, 4.69) is 17.6 Å². The van der Waals surface area contributed by atoms with Crippen molar-refractivity contribution < 1.29 is 19.1 Å². The molecular formula is C29H28ClN3O4. The maximum absolute atomic E-state index is 13.2. The molecule has 3 aromatic rings. The molecule has 0 saturated heterocycles. The van der Waals surface area contributed by atoms with Gasteiger partial charge >= 0.3 is 0 Å². The van der Waals surface area contributed by atoms with Gasteiger partial charge in [-0.15, -0.1) is 0 Å². The van der Waals surface area contributed by atoms with E-state index in [1.54, 1.807) is 36.4 Å². The van der Waals surface area contributed by atoms with Crippen LogP contribution in [-0.2, 0) is 16.0 Å². The van der Waals surface area contributed by atoms with Crippen LogP contribution >= 0.6 is 11.6 Å². The zero-order valence-corrected chi connectivity index (χ0v) is 21.7. The Morgan fingerprint density at radius 1 is 0.973 bits per heavy atom. The summed E-state index contributed by atoms with van der Waals surface area (Å²) in [6.07, 6.45) is 3.26. The summed E-state index contributed by atoms with van der Waals surface area (Å²) in [6, 6.07) is 19.6. The first-order chi connectivity index (χ1) is 17.8. The Kier molecular flexibility index (Phi) is 7.94. The van der Waals surface area contributed by atoms with Gasteiger partial charge in [0.2, 0.25) is 0 Å². The lowest BCUT2D eigenvalue weighted by Crippen LogP contribution is -2.32. The molecule has 1 aliphatic heterocycles. The highest BCUT2D eigenvalue weighted by molar-refractivity contribution is 6.53. The standard InChI is InChI=1S/C29H28ClN3O4/c1-4-5-7-19-11-13-21(14-12-19)32-27(34)20-8-6-9-22(17-20)31-26-25(30)28(35)33(29(26)36)23-16-18(2)10-15-24(23)37-3/h6,8-17,31H,4-5,7H2,1-3H3,(H,32,34). The van der Waals surface area contributed by atoms with Gasteiger partial charge in [0.15, 0.2) is 0 Å². The first kappa shape index (κ1) is 26.0. The maximum atomic E-state index is 13.2. The van der Waals surface area contributed by atoms with Gasteiger partial charge in [0.05, 0.1) is 12.8 Å². The number of nitrogens with zero attached hydrogens (tertiary/aromatic N) is 1. The average Bonchev–Trinajstić information content (AvgIpc) is 3.11. The molecule has 0 spiro atoms. The van der Waals surface area contributed by atoms with Crippen LogP contribution in [0.4, 0.5) is 17.1 Å². The molecule has 0 bridgehead atoms. The van der Waals surface area contributed by atoms with Crippen LogP contribution in [0.3, 0.4) is 0 Å². The summed E-state index contributed by atoms with van der Waals surface area (Å²) in [5.74, 6) is -1.20. The fourth-order valence-electron chi connectivity index (χ4n) is 4.03. The monoisotopic (exact) mass is 517 g/mol. The van der Waals surface area contributed by atoms with E-state index in [-0.39, 0.29) is 16.6 Å². The lowest BCUT2D eigenvalue weighted by Gasteiger charge is -2.18. The van der Waals surface area contributed by atoms with E-state index in [4.69, 9.17) is 16.3 Å². The van der Waals surface area contributed by atoms with Crippen molar-refractivity contribution in [2.24, 2.45) is 0 Å². The zero-order chi connectivity index (χ0) is 26.5. The number of rotatable bonds is 9. The van der Waals surface area contributed by atoms with Crippen LogP contribution in [0, 0.1) is 6.92 Å². The van der Waals surface area contributed by atoms with Gasteiger partial charge in [-0.05, 0) is 73.4 Å². The Balaban J connectivity index is 1.50. The normalized spacial score (nSPS) is 13.2. The van der Waals surface area contributed by atoms with E-state index in [0.717, 1.165) is 29.7 Å². The van der Waals surface area contributed by atoms with Crippen molar-refractivity contribution in [3.8, 4) is 5.75 Å². The molecule has 0 radical (unpaired) electrons. The number of unbranched alkanes of at least 4 members (excludes halogenated alkanes) is 1. The molecule has 0 atom stereocenters. The summed E-state index contributed by atoms with van der Waals surface area (Å²) in [4.78, 5) is 40.0. The number of amides is 3. The SMILES string of the molecule is CCCCc1ccc(NC(=O)c2cccc(NC3=C(Cl)C(=O)N(c4cc(C)ccc4OC)C3=O)c2)cc1. The zero-order valence-electron chi connectivity index (χ0n) is 20.9. The predicted molar refractivity (Wildman–Crippen MR) is 146 cm³/mol. The van der Waals surface area contributed by atoms with Crippen LogP contribution in [0.2, 0.25) is 0 Å². The number of hydrogen-bond acceptors (Lipinski definition) is 5. The molecular weight excluding hydrogens is 490 g/mol. The Morgan fingerprint density at radius 2 is 1.73 bits per heavy atom. The number of benzene rings is 3. The molecule has 0 fully saturated rings. The molecule has 0 aromatic heterocycles. The van der Waals surface area contributed by atoms with Crippen molar-refractivity contribution in [3.63, 3.8) is 0 Å². The number of imide groups is 1. The fraction of sp³-hybridized carbons (Fsp3) is 0.207. The third-order valence-electron chi connectivity index (χ3n) is 6.03. The van der Waals surface area contributed by atoms with E-state index in [1.807, 2.05) is 37.3 Å². The largest absolute Gasteiger partial charge is 0.495 e. The summed E-state index contributed by atoms with van der Waals surface area (Å²) >= 11 is 6.29. The summed E-state index contributed by atoms with van der Waals surface area (Å²) in [6.45, 7) is 4.00. The Hall–Kier alpha value is -4.10. The van der Waals surface area contributed by atoms with E-state index in [0.29, 0.717) is 28.4 Å². The first-order valence-electron chi connectivity index (χ1n) is 12.0. The highest BCUT2D eigenvalue weighted by Crippen LogP contribution is 2.36. The van der Waals surface area contributed by atoms with Crippen LogP contribution in [0.5, 0.6) is 5.75 Å². The van der Waals surface area contributed by atoms with Crippen molar-refractivity contribution in [1.82, 2.24) is 0 Å². The van der Waals surface area contributed by atoms with Gasteiger partial charge in [-0.3, -0.25) is 14.4 Å². The first-order valence-corrected chi connectivity index (χ1v) is 12.4. The topological polar surface area (TPSA) is 87.7 Å². The molecule has 1 heterocycles. The van der Waals surface area contributed by atoms with Crippen LogP contribution in [0.1, 0.15) is 41.3 Å². The van der Waals surface area contributed by atoms with Gasteiger partial charge in [0, 0.05) is 16.9 Å².